The van der Waals surface area contributed by atoms with Gasteiger partial charge in [0.1, 0.15) is 34.9 Å². The quantitative estimate of drug-likeness (QED) is 0.176. The summed E-state index contributed by atoms with van der Waals surface area (Å²) in [6.45, 7) is 10.4. The van der Waals surface area contributed by atoms with E-state index in [1.807, 2.05) is 62.4 Å². The maximum absolute atomic E-state index is 5.80. The van der Waals surface area contributed by atoms with Crippen LogP contribution in [-0.2, 0) is 35.9 Å². The molecule has 6 aromatic rings. The number of nitrogens with one attached hydrogen (secondary N) is 1. The first-order chi connectivity index (χ1) is 21.8. The molecule has 0 amide bonds. The SMILES string of the molecule is Cc1sc2c(c1Br)COCc1nnc(C)n1-2.Cc1sc2c(c1Nc1ccccc1)COCc1nnc(C)n1-2.Nc1ccccc1. The minimum atomic E-state index is 0.492. The Hall–Kier alpha value is -3.88. The van der Waals surface area contributed by atoms with Gasteiger partial charge >= 0.3 is 0 Å². The van der Waals surface area contributed by atoms with E-state index in [1.165, 1.54) is 25.9 Å². The normalized spacial score (nSPS) is 13.0. The monoisotopic (exact) mass is 704 g/mol. The molecule has 0 atom stereocenters. The summed E-state index contributed by atoms with van der Waals surface area (Å²) < 4.78 is 16.7. The zero-order valence-electron chi connectivity index (χ0n) is 25.4. The molecular formula is C32H33BrN8O2S2. The summed E-state index contributed by atoms with van der Waals surface area (Å²) in [6, 6.07) is 19.7. The van der Waals surface area contributed by atoms with Gasteiger partial charge < -0.3 is 20.5 Å². The number of nitrogens with two attached hydrogens (primary N) is 1. The van der Waals surface area contributed by atoms with Gasteiger partial charge in [0.25, 0.3) is 0 Å². The van der Waals surface area contributed by atoms with Crippen LogP contribution < -0.4 is 11.1 Å². The summed E-state index contributed by atoms with van der Waals surface area (Å²) in [5.74, 6) is 3.55. The molecule has 0 spiro atoms. The number of ether oxygens (including phenoxy) is 2. The highest BCUT2D eigenvalue weighted by atomic mass is 79.9. The fraction of sp³-hybridized carbons (Fsp3) is 0.250. The highest BCUT2D eigenvalue weighted by Crippen LogP contribution is 2.40. The van der Waals surface area contributed by atoms with Crippen LogP contribution in [0.4, 0.5) is 17.1 Å². The van der Waals surface area contributed by atoms with Gasteiger partial charge in [-0.3, -0.25) is 9.13 Å². The number of nitrogen functional groups attached to an aromatic ring is 1. The van der Waals surface area contributed by atoms with E-state index < -0.39 is 0 Å². The van der Waals surface area contributed by atoms with Crippen molar-refractivity contribution in [2.75, 3.05) is 11.1 Å². The Morgan fingerprint density at radius 2 is 1.20 bits per heavy atom. The molecule has 4 aromatic heterocycles. The van der Waals surface area contributed by atoms with Gasteiger partial charge in [-0.05, 0) is 67.9 Å². The van der Waals surface area contributed by atoms with Crippen LogP contribution in [0.5, 0.6) is 0 Å². The second-order valence-corrected chi connectivity index (χ2v) is 13.7. The van der Waals surface area contributed by atoms with Gasteiger partial charge in [0.05, 0.1) is 18.9 Å². The van der Waals surface area contributed by atoms with Crippen molar-refractivity contribution < 1.29 is 9.47 Å². The maximum atomic E-state index is 5.80. The second kappa shape index (κ2) is 13.6. The Morgan fingerprint density at radius 3 is 1.76 bits per heavy atom. The lowest BCUT2D eigenvalue weighted by atomic mass is 10.2. The number of aromatic nitrogens is 6. The van der Waals surface area contributed by atoms with Crippen molar-refractivity contribution in [3.8, 4) is 10.0 Å². The van der Waals surface area contributed by atoms with Crippen molar-refractivity contribution in [2.24, 2.45) is 0 Å². The minimum Gasteiger partial charge on any atom is -0.399 e. The lowest BCUT2D eigenvalue weighted by Crippen LogP contribution is -2.00. The Bertz CT molecular complexity index is 1910. The lowest BCUT2D eigenvalue weighted by Gasteiger charge is -2.09. The molecule has 0 bridgehead atoms. The van der Waals surface area contributed by atoms with E-state index in [-0.39, 0.29) is 0 Å². The molecule has 2 aliphatic rings. The van der Waals surface area contributed by atoms with E-state index in [4.69, 9.17) is 15.2 Å². The first-order valence-corrected chi connectivity index (χ1v) is 16.7. The molecule has 0 aliphatic carbocycles. The molecule has 45 heavy (non-hydrogen) atoms. The smallest absolute Gasteiger partial charge is 0.164 e. The van der Waals surface area contributed by atoms with Crippen LogP contribution in [-0.4, -0.2) is 29.5 Å². The van der Waals surface area contributed by atoms with Gasteiger partial charge in [-0.2, -0.15) is 0 Å². The first kappa shape index (κ1) is 31.1. The van der Waals surface area contributed by atoms with Crippen molar-refractivity contribution in [3.05, 3.63) is 109 Å². The zero-order chi connectivity index (χ0) is 31.5. The van der Waals surface area contributed by atoms with Gasteiger partial charge in [-0.15, -0.1) is 43.1 Å². The number of hydrogen-bond donors (Lipinski definition) is 2. The fourth-order valence-electron chi connectivity index (χ4n) is 5.05. The topological polar surface area (TPSA) is 118 Å². The van der Waals surface area contributed by atoms with Gasteiger partial charge in [-0.1, -0.05) is 36.4 Å². The van der Waals surface area contributed by atoms with Crippen molar-refractivity contribution >= 4 is 55.7 Å². The second-order valence-electron chi connectivity index (χ2n) is 10.5. The van der Waals surface area contributed by atoms with Crippen LogP contribution in [0.1, 0.15) is 44.2 Å². The summed E-state index contributed by atoms with van der Waals surface area (Å²) in [4.78, 5) is 2.49. The first-order valence-electron chi connectivity index (χ1n) is 14.3. The standard InChI is InChI=1S/C16H16N4OS.C10H10BrN3OS.C6H7N/c1-10-15(17-12-6-4-3-5-7-12)13-8-21-9-14-19-18-11(2)20(14)16(13)22-10;1-5-9(11)7-3-15-4-8-13-12-6(2)14(8)10(7)16-5;7-6-4-2-1-3-5-6/h3-7,17H,8-9H2,1-2H3;3-4H2,1-2H3;1-5H,7H2. The number of benzene rings is 2. The molecule has 3 N–H and O–H groups in total. The average Bonchev–Trinajstić information content (AvgIpc) is 3.68. The van der Waals surface area contributed by atoms with Crippen LogP contribution in [0.15, 0.2) is 65.1 Å². The highest BCUT2D eigenvalue weighted by molar-refractivity contribution is 9.10. The van der Waals surface area contributed by atoms with Gasteiger partial charge in [0.15, 0.2) is 11.6 Å². The number of para-hydroxylation sites is 2. The molecule has 0 saturated carbocycles. The molecule has 2 aromatic carbocycles. The predicted octanol–water partition coefficient (Wildman–Crippen LogP) is 7.73. The third-order valence-corrected chi connectivity index (χ3v) is 10.8. The number of anilines is 3. The van der Waals surface area contributed by atoms with Gasteiger partial charge in [-0.25, -0.2) is 0 Å². The van der Waals surface area contributed by atoms with Crippen molar-refractivity contribution in [1.29, 1.82) is 0 Å². The molecule has 232 valence electrons. The molecule has 6 heterocycles. The number of thiophene rings is 2. The maximum Gasteiger partial charge on any atom is 0.164 e. The predicted molar refractivity (Wildman–Crippen MR) is 183 cm³/mol. The minimum absolute atomic E-state index is 0.492. The van der Waals surface area contributed by atoms with E-state index >= 15 is 0 Å². The lowest BCUT2D eigenvalue weighted by molar-refractivity contribution is 0.105. The molecule has 13 heteroatoms. The molecule has 0 saturated heterocycles. The number of aryl methyl sites for hydroxylation is 4. The third kappa shape index (κ3) is 6.58. The van der Waals surface area contributed by atoms with Crippen LogP contribution in [0, 0.1) is 27.7 Å². The molecule has 8 rings (SSSR count). The number of halogens is 1. The molecule has 10 nitrogen and oxygen atoms in total. The van der Waals surface area contributed by atoms with E-state index in [0.29, 0.717) is 26.4 Å². The summed E-state index contributed by atoms with van der Waals surface area (Å²) in [7, 11) is 0. The summed E-state index contributed by atoms with van der Waals surface area (Å²) in [5.41, 5.74) is 10.8. The summed E-state index contributed by atoms with van der Waals surface area (Å²) >= 11 is 7.11. The molecule has 0 fully saturated rings. The number of fused-ring (bicyclic) bond motifs is 6. The van der Waals surface area contributed by atoms with Crippen molar-refractivity contribution in [3.63, 3.8) is 0 Å². The van der Waals surface area contributed by atoms with Crippen molar-refractivity contribution in [1.82, 2.24) is 29.5 Å². The zero-order valence-corrected chi connectivity index (χ0v) is 28.6. The van der Waals surface area contributed by atoms with Gasteiger partial charge in [0.2, 0.25) is 0 Å². The average molecular weight is 706 g/mol. The van der Waals surface area contributed by atoms with E-state index in [2.05, 4.69) is 76.8 Å². The van der Waals surface area contributed by atoms with E-state index in [1.54, 1.807) is 22.7 Å². The van der Waals surface area contributed by atoms with Crippen LogP contribution in [0.3, 0.4) is 0 Å². The van der Waals surface area contributed by atoms with Crippen LogP contribution in [0.2, 0.25) is 0 Å². The Morgan fingerprint density at radius 1 is 0.689 bits per heavy atom. The summed E-state index contributed by atoms with van der Waals surface area (Å²) in [6.07, 6.45) is 0. The number of hydrogen-bond acceptors (Lipinski definition) is 10. The highest BCUT2D eigenvalue weighted by Gasteiger charge is 2.25. The molecular weight excluding hydrogens is 672 g/mol. The molecule has 0 radical (unpaired) electrons. The fourth-order valence-corrected chi connectivity index (χ4v) is 8.03. The Labute approximate surface area is 278 Å². The van der Waals surface area contributed by atoms with E-state index in [9.17, 15) is 0 Å². The largest absolute Gasteiger partial charge is 0.399 e. The Kier molecular flexibility index (Phi) is 9.42. The Balaban J connectivity index is 0.000000135. The summed E-state index contributed by atoms with van der Waals surface area (Å²) in [5, 5.41) is 22.5. The molecule has 0 unspecified atom stereocenters. The van der Waals surface area contributed by atoms with Gasteiger partial charge in [0, 0.05) is 36.7 Å². The molecule has 2 aliphatic heterocycles. The number of rotatable bonds is 2. The van der Waals surface area contributed by atoms with Crippen LogP contribution in [0.25, 0.3) is 10.0 Å². The van der Waals surface area contributed by atoms with Crippen LogP contribution >= 0.6 is 38.6 Å². The number of nitrogens with zero attached hydrogens (tertiary/aromatic N) is 6. The van der Waals surface area contributed by atoms with Crippen molar-refractivity contribution in [2.45, 2.75) is 54.1 Å². The third-order valence-electron chi connectivity index (χ3n) is 7.23. The van der Waals surface area contributed by atoms with E-state index in [0.717, 1.165) is 49.8 Å².